The second kappa shape index (κ2) is 5.37. The van der Waals surface area contributed by atoms with Crippen LogP contribution in [-0.4, -0.2) is 4.98 Å². The van der Waals surface area contributed by atoms with Gasteiger partial charge in [0.05, 0.1) is 0 Å². The number of hydrogen-bond acceptors (Lipinski definition) is 2. The first-order chi connectivity index (χ1) is 9.24. The van der Waals surface area contributed by atoms with E-state index in [1.54, 1.807) is 11.3 Å². The Balaban J connectivity index is 1.75. The zero-order valence-electron chi connectivity index (χ0n) is 10.6. The molecule has 3 aromatic rings. The molecule has 0 aliphatic carbocycles. The van der Waals surface area contributed by atoms with E-state index < -0.39 is 0 Å². The van der Waals surface area contributed by atoms with Crippen molar-refractivity contribution >= 4 is 33.8 Å². The third kappa shape index (κ3) is 2.68. The van der Waals surface area contributed by atoms with E-state index in [-0.39, 0.29) is 0 Å². The predicted molar refractivity (Wildman–Crippen MR) is 82.9 cm³/mol. The van der Waals surface area contributed by atoms with E-state index in [1.165, 1.54) is 15.8 Å². The van der Waals surface area contributed by atoms with Crippen LogP contribution in [0.3, 0.4) is 0 Å². The number of hydrogen-bond donors (Lipinski definition) is 2. The summed E-state index contributed by atoms with van der Waals surface area (Å²) in [4.78, 5) is 4.63. The van der Waals surface area contributed by atoms with Crippen LogP contribution in [0.15, 0.2) is 41.9 Å². The zero-order valence-corrected chi connectivity index (χ0v) is 12.2. The summed E-state index contributed by atoms with van der Waals surface area (Å²) in [5.74, 6) is 0. The third-order valence-electron chi connectivity index (χ3n) is 3.30. The van der Waals surface area contributed by atoms with Crippen molar-refractivity contribution < 1.29 is 0 Å². The van der Waals surface area contributed by atoms with E-state index in [0.717, 1.165) is 17.1 Å². The van der Waals surface area contributed by atoms with Crippen LogP contribution in [0, 0.1) is 0 Å². The number of nitrogens with one attached hydrogen (secondary N) is 2. The minimum Gasteiger partial charge on any atom is -0.361 e. The molecule has 2 nitrogen and oxygen atoms in total. The van der Waals surface area contributed by atoms with Crippen LogP contribution in [0.4, 0.5) is 0 Å². The Hall–Kier alpha value is -1.29. The average molecular weight is 291 g/mol. The molecule has 0 bridgehead atoms. The summed E-state index contributed by atoms with van der Waals surface area (Å²) in [6.07, 6.45) is 2.05. The molecule has 0 amide bonds. The van der Waals surface area contributed by atoms with Gasteiger partial charge in [0.15, 0.2) is 0 Å². The van der Waals surface area contributed by atoms with Crippen LogP contribution < -0.4 is 5.32 Å². The number of benzene rings is 1. The molecule has 0 unspecified atom stereocenters. The zero-order chi connectivity index (χ0) is 13.2. The van der Waals surface area contributed by atoms with Gasteiger partial charge in [-0.2, -0.15) is 0 Å². The van der Waals surface area contributed by atoms with Crippen LogP contribution >= 0.6 is 22.9 Å². The molecule has 19 heavy (non-hydrogen) atoms. The van der Waals surface area contributed by atoms with Crippen molar-refractivity contribution in [2.45, 2.75) is 19.5 Å². The fourth-order valence-electron chi connectivity index (χ4n) is 2.21. The van der Waals surface area contributed by atoms with Gasteiger partial charge in [-0.1, -0.05) is 23.7 Å². The molecule has 3 rings (SSSR count). The fourth-order valence-corrected chi connectivity index (χ4v) is 3.14. The largest absolute Gasteiger partial charge is 0.361 e. The monoisotopic (exact) mass is 290 g/mol. The van der Waals surface area contributed by atoms with Crippen molar-refractivity contribution in [1.29, 1.82) is 0 Å². The maximum atomic E-state index is 5.99. The Morgan fingerprint density at radius 2 is 2.26 bits per heavy atom. The first-order valence-electron chi connectivity index (χ1n) is 6.26. The van der Waals surface area contributed by atoms with E-state index in [4.69, 9.17) is 11.6 Å². The second-order valence-corrected chi connectivity index (χ2v) is 6.04. The molecule has 98 valence electrons. The molecule has 2 aromatic heterocycles. The molecule has 0 saturated heterocycles. The molecule has 1 aromatic carbocycles. The van der Waals surface area contributed by atoms with Gasteiger partial charge >= 0.3 is 0 Å². The lowest BCUT2D eigenvalue weighted by atomic mass is 10.1. The van der Waals surface area contributed by atoms with Crippen LogP contribution in [0.2, 0.25) is 5.02 Å². The van der Waals surface area contributed by atoms with E-state index in [1.807, 2.05) is 12.1 Å². The van der Waals surface area contributed by atoms with E-state index in [0.29, 0.717) is 6.04 Å². The molecule has 0 aliphatic rings. The predicted octanol–water partition coefficient (Wildman–Crippen LogP) is 4.73. The summed E-state index contributed by atoms with van der Waals surface area (Å²) >= 11 is 7.77. The van der Waals surface area contributed by atoms with Crippen LogP contribution in [0.25, 0.3) is 10.9 Å². The highest BCUT2D eigenvalue weighted by atomic mass is 35.5. The molecule has 1 atom stereocenters. The highest BCUT2D eigenvalue weighted by molar-refractivity contribution is 7.10. The first kappa shape index (κ1) is 12.7. The fraction of sp³-hybridized carbons (Fsp3) is 0.200. The normalized spacial score (nSPS) is 12.9. The third-order valence-corrected chi connectivity index (χ3v) is 4.59. The highest BCUT2D eigenvalue weighted by Gasteiger charge is 2.08. The number of aromatic nitrogens is 1. The molecule has 0 aliphatic heterocycles. The molecule has 0 radical (unpaired) electrons. The maximum absolute atomic E-state index is 5.99. The van der Waals surface area contributed by atoms with Crippen molar-refractivity contribution in [2.24, 2.45) is 0 Å². The van der Waals surface area contributed by atoms with Crippen molar-refractivity contribution in [3.05, 3.63) is 57.4 Å². The van der Waals surface area contributed by atoms with Crippen molar-refractivity contribution in [3.8, 4) is 0 Å². The molecule has 2 N–H and O–H groups in total. The van der Waals surface area contributed by atoms with E-state index >= 15 is 0 Å². The Bertz CT molecular complexity index is 673. The van der Waals surface area contributed by atoms with Crippen molar-refractivity contribution in [2.75, 3.05) is 0 Å². The Morgan fingerprint density at radius 1 is 1.37 bits per heavy atom. The Labute approximate surface area is 121 Å². The summed E-state index contributed by atoms with van der Waals surface area (Å²) < 4.78 is 0. The minimum absolute atomic E-state index is 0.372. The minimum atomic E-state index is 0.372. The lowest BCUT2D eigenvalue weighted by molar-refractivity contribution is 0.585. The summed E-state index contributed by atoms with van der Waals surface area (Å²) in [7, 11) is 0. The van der Waals surface area contributed by atoms with Gasteiger partial charge in [-0.05, 0) is 36.1 Å². The highest BCUT2D eigenvalue weighted by Crippen LogP contribution is 2.23. The van der Waals surface area contributed by atoms with Gasteiger partial charge < -0.3 is 10.3 Å². The number of halogens is 1. The lowest BCUT2D eigenvalue weighted by Gasteiger charge is -2.11. The van der Waals surface area contributed by atoms with Gasteiger partial charge in [-0.15, -0.1) is 11.3 Å². The SMILES string of the molecule is C[C@@H](NCc1c[nH]c2cc(Cl)ccc12)c1cccs1. The van der Waals surface area contributed by atoms with E-state index in [9.17, 15) is 0 Å². The standard InChI is InChI=1S/C15H15ClN2S/c1-10(15-3-2-6-19-15)17-8-11-9-18-14-7-12(16)4-5-13(11)14/h2-7,9-10,17-18H,8H2,1H3/t10-/m1/s1. The van der Waals surface area contributed by atoms with Gasteiger partial charge in [-0.25, -0.2) is 0 Å². The Kier molecular flexibility index (Phi) is 3.60. The number of aromatic amines is 1. The summed E-state index contributed by atoms with van der Waals surface area (Å²) in [5, 5.41) is 7.66. The number of thiophene rings is 1. The topological polar surface area (TPSA) is 27.8 Å². The van der Waals surface area contributed by atoms with Crippen LogP contribution in [0.1, 0.15) is 23.4 Å². The van der Waals surface area contributed by atoms with Gasteiger partial charge in [-0.3, -0.25) is 0 Å². The average Bonchev–Trinajstić information content (AvgIpc) is 3.05. The van der Waals surface area contributed by atoms with Crippen molar-refractivity contribution in [1.82, 2.24) is 10.3 Å². The smallest absolute Gasteiger partial charge is 0.0472 e. The number of H-pyrrole nitrogens is 1. The second-order valence-electron chi connectivity index (χ2n) is 4.62. The quantitative estimate of drug-likeness (QED) is 0.714. The van der Waals surface area contributed by atoms with Gasteiger partial charge in [0, 0.05) is 39.6 Å². The van der Waals surface area contributed by atoms with Gasteiger partial charge in [0.25, 0.3) is 0 Å². The number of fused-ring (bicyclic) bond motifs is 1. The summed E-state index contributed by atoms with van der Waals surface area (Å²) in [6, 6.07) is 10.6. The molecule has 0 fully saturated rings. The van der Waals surface area contributed by atoms with Gasteiger partial charge in [0.2, 0.25) is 0 Å². The maximum Gasteiger partial charge on any atom is 0.0472 e. The van der Waals surface area contributed by atoms with Crippen molar-refractivity contribution in [3.63, 3.8) is 0 Å². The molecule has 2 heterocycles. The molecule has 0 spiro atoms. The number of rotatable bonds is 4. The molecule has 4 heteroatoms. The molecular formula is C15H15ClN2S. The van der Waals surface area contributed by atoms with Crippen LogP contribution in [-0.2, 0) is 6.54 Å². The molecular weight excluding hydrogens is 276 g/mol. The van der Waals surface area contributed by atoms with Crippen LogP contribution in [0.5, 0.6) is 0 Å². The Morgan fingerprint density at radius 3 is 3.05 bits per heavy atom. The van der Waals surface area contributed by atoms with E-state index in [2.05, 4.69) is 47.0 Å². The lowest BCUT2D eigenvalue weighted by Crippen LogP contribution is -2.16. The molecule has 0 saturated carbocycles. The first-order valence-corrected chi connectivity index (χ1v) is 7.52. The summed E-state index contributed by atoms with van der Waals surface area (Å²) in [5.41, 5.74) is 2.36. The van der Waals surface area contributed by atoms with Gasteiger partial charge in [0.1, 0.15) is 0 Å². The summed E-state index contributed by atoms with van der Waals surface area (Å²) in [6.45, 7) is 3.04.